The lowest BCUT2D eigenvalue weighted by Crippen LogP contribution is -2.27. The molecule has 6 nitrogen and oxygen atoms in total. The van der Waals surface area contributed by atoms with E-state index in [2.05, 4.69) is 43.0 Å². The normalized spacial score (nSPS) is 11.0. The van der Waals surface area contributed by atoms with Crippen molar-refractivity contribution in [3.63, 3.8) is 0 Å². The number of ether oxygens (including phenoxy) is 4. The standard InChI is InChI=1S/C19H33NO5/c1-3-20(19-6-4-5-18(2)17-19)7-9-22-11-13-24-15-16-25-14-12-23-10-8-21/h4-6,17,21H,3,7-16H2,1-2H3. The smallest absolute Gasteiger partial charge is 0.0701 e. The average molecular weight is 355 g/mol. The van der Waals surface area contributed by atoms with Gasteiger partial charge in [0.15, 0.2) is 0 Å². The number of rotatable bonds is 16. The second-order valence-corrected chi connectivity index (χ2v) is 5.59. The van der Waals surface area contributed by atoms with Crippen LogP contribution in [0.1, 0.15) is 12.5 Å². The van der Waals surface area contributed by atoms with Crippen LogP contribution in [0.5, 0.6) is 0 Å². The van der Waals surface area contributed by atoms with Gasteiger partial charge in [0, 0.05) is 18.8 Å². The number of aliphatic hydroxyl groups is 1. The molecule has 1 aromatic carbocycles. The number of anilines is 1. The third-order valence-corrected chi connectivity index (χ3v) is 3.61. The first-order valence-corrected chi connectivity index (χ1v) is 9.01. The van der Waals surface area contributed by atoms with Crippen LogP contribution in [0.3, 0.4) is 0 Å². The van der Waals surface area contributed by atoms with E-state index < -0.39 is 0 Å². The van der Waals surface area contributed by atoms with E-state index in [1.807, 2.05) is 0 Å². The molecule has 1 aromatic rings. The maximum Gasteiger partial charge on any atom is 0.0701 e. The molecule has 0 aliphatic heterocycles. The third-order valence-electron chi connectivity index (χ3n) is 3.61. The van der Waals surface area contributed by atoms with Gasteiger partial charge in [-0.25, -0.2) is 0 Å². The van der Waals surface area contributed by atoms with Crippen molar-refractivity contribution in [2.45, 2.75) is 13.8 Å². The molecule has 0 aliphatic rings. The maximum atomic E-state index is 8.54. The molecule has 0 aromatic heterocycles. The fourth-order valence-electron chi connectivity index (χ4n) is 2.30. The predicted octanol–water partition coefficient (Wildman–Crippen LogP) is 1.88. The molecule has 0 atom stereocenters. The van der Waals surface area contributed by atoms with Crippen molar-refractivity contribution < 1.29 is 24.1 Å². The summed E-state index contributed by atoms with van der Waals surface area (Å²) in [6, 6.07) is 8.52. The largest absolute Gasteiger partial charge is 0.394 e. The predicted molar refractivity (Wildman–Crippen MR) is 99.4 cm³/mol. The summed E-state index contributed by atoms with van der Waals surface area (Å²) in [5.74, 6) is 0. The van der Waals surface area contributed by atoms with Gasteiger partial charge in [0.05, 0.1) is 59.5 Å². The summed E-state index contributed by atoms with van der Waals surface area (Å²) in [4.78, 5) is 2.31. The molecule has 6 heteroatoms. The molecule has 1 rings (SSSR count). The molecular formula is C19H33NO5. The van der Waals surface area contributed by atoms with Gasteiger partial charge in [-0.05, 0) is 31.5 Å². The number of aliphatic hydroxyl groups excluding tert-OH is 1. The summed E-state index contributed by atoms with van der Waals surface area (Å²) >= 11 is 0. The van der Waals surface area contributed by atoms with E-state index in [0.29, 0.717) is 52.9 Å². The van der Waals surface area contributed by atoms with Gasteiger partial charge in [0.25, 0.3) is 0 Å². The molecule has 1 N–H and O–H groups in total. The molecule has 144 valence electrons. The molecule has 0 bridgehead atoms. The zero-order chi connectivity index (χ0) is 18.2. The van der Waals surface area contributed by atoms with Gasteiger partial charge in [0.2, 0.25) is 0 Å². The highest BCUT2D eigenvalue weighted by atomic mass is 16.6. The van der Waals surface area contributed by atoms with Crippen LogP contribution in [0.15, 0.2) is 24.3 Å². The lowest BCUT2D eigenvalue weighted by atomic mass is 10.2. The SMILES string of the molecule is CCN(CCOCCOCCOCCOCCO)c1cccc(C)c1. The average Bonchev–Trinajstić information content (AvgIpc) is 2.62. The Bertz CT molecular complexity index is 430. The quantitative estimate of drug-likeness (QED) is 0.457. The summed E-state index contributed by atoms with van der Waals surface area (Å²) in [6.07, 6.45) is 0. The van der Waals surface area contributed by atoms with Crippen molar-refractivity contribution in [1.29, 1.82) is 0 Å². The molecule has 0 unspecified atom stereocenters. The topological polar surface area (TPSA) is 60.4 Å². The van der Waals surface area contributed by atoms with Crippen LogP contribution in [0.4, 0.5) is 5.69 Å². The van der Waals surface area contributed by atoms with Crippen molar-refractivity contribution in [1.82, 2.24) is 0 Å². The lowest BCUT2D eigenvalue weighted by molar-refractivity contribution is -0.00488. The van der Waals surface area contributed by atoms with E-state index >= 15 is 0 Å². The minimum Gasteiger partial charge on any atom is -0.394 e. The Morgan fingerprint density at radius 1 is 0.840 bits per heavy atom. The van der Waals surface area contributed by atoms with Gasteiger partial charge in [0.1, 0.15) is 0 Å². The summed E-state index contributed by atoms with van der Waals surface area (Å²) in [7, 11) is 0. The van der Waals surface area contributed by atoms with Crippen LogP contribution in [0, 0.1) is 6.92 Å². The van der Waals surface area contributed by atoms with Gasteiger partial charge in [-0.3, -0.25) is 0 Å². The van der Waals surface area contributed by atoms with Crippen LogP contribution in [0.25, 0.3) is 0 Å². The fourth-order valence-corrected chi connectivity index (χ4v) is 2.30. The number of hydrogen-bond acceptors (Lipinski definition) is 6. The van der Waals surface area contributed by atoms with E-state index in [1.54, 1.807) is 0 Å². The summed E-state index contributed by atoms with van der Waals surface area (Å²) in [5, 5.41) is 8.54. The Labute approximate surface area is 151 Å². The Hall–Kier alpha value is -1.18. The zero-order valence-electron chi connectivity index (χ0n) is 15.6. The van der Waals surface area contributed by atoms with Crippen molar-refractivity contribution in [2.24, 2.45) is 0 Å². The van der Waals surface area contributed by atoms with E-state index in [1.165, 1.54) is 11.3 Å². The molecular weight excluding hydrogens is 322 g/mol. The first-order valence-electron chi connectivity index (χ1n) is 9.01. The Kier molecular flexibility index (Phi) is 13.2. The van der Waals surface area contributed by atoms with E-state index in [-0.39, 0.29) is 6.61 Å². The Morgan fingerprint density at radius 2 is 1.40 bits per heavy atom. The number of nitrogens with zero attached hydrogens (tertiary/aromatic N) is 1. The second kappa shape index (κ2) is 15.1. The molecule has 0 aliphatic carbocycles. The molecule has 0 heterocycles. The summed E-state index contributed by atoms with van der Waals surface area (Å²) < 4.78 is 21.5. The van der Waals surface area contributed by atoms with E-state index in [9.17, 15) is 0 Å². The molecule has 0 saturated heterocycles. The highest BCUT2D eigenvalue weighted by Crippen LogP contribution is 2.15. The van der Waals surface area contributed by atoms with Crippen molar-refractivity contribution in [3.8, 4) is 0 Å². The highest BCUT2D eigenvalue weighted by Gasteiger charge is 2.03. The minimum absolute atomic E-state index is 0.0458. The minimum atomic E-state index is 0.0458. The summed E-state index contributed by atoms with van der Waals surface area (Å²) in [5.41, 5.74) is 2.51. The van der Waals surface area contributed by atoms with Gasteiger partial charge < -0.3 is 29.0 Å². The highest BCUT2D eigenvalue weighted by molar-refractivity contribution is 5.48. The Balaban J connectivity index is 1.94. The van der Waals surface area contributed by atoms with Gasteiger partial charge in [-0.2, -0.15) is 0 Å². The van der Waals surface area contributed by atoms with E-state index in [0.717, 1.165) is 13.1 Å². The van der Waals surface area contributed by atoms with Crippen LogP contribution in [0.2, 0.25) is 0 Å². The van der Waals surface area contributed by atoms with Crippen molar-refractivity contribution >= 4 is 5.69 Å². The first kappa shape index (κ1) is 21.9. The Morgan fingerprint density at radius 3 is 1.92 bits per heavy atom. The molecule has 0 spiro atoms. The fraction of sp³-hybridized carbons (Fsp3) is 0.684. The molecule has 0 radical (unpaired) electrons. The lowest BCUT2D eigenvalue weighted by Gasteiger charge is -2.23. The van der Waals surface area contributed by atoms with Gasteiger partial charge in [-0.1, -0.05) is 12.1 Å². The molecule has 0 saturated carbocycles. The first-order chi connectivity index (χ1) is 12.3. The number of hydrogen-bond donors (Lipinski definition) is 1. The van der Waals surface area contributed by atoms with Crippen molar-refractivity contribution in [2.75, 3.05) is 77.5 Å². The molecule has 0 fully saturated rings. The third kappa shape index (κ3) is 11.1. The zero-order valence-corrected chi connectivity index (χ0v) is 15.6. The maximum absolute atomic E-state index is 8.54. The van der Waals surface area contributed by atoms with Gasteiger partial charge >= 0.3 is 0 Å². The van der Waals surface area contributed by atoms with E-state index in [4.69, 9.17) is 24.1 Å². The van der Waals surface area contributed by atoms with Crippen molar-refractivity contribution in [3.05, 3.63) is 29.8 Å². The number of benzene rings is 1. The van der Waals surface area contributed by atoms with Crippen LogP contribution in [-0.2, 0) is 18.9 Å². The van der Waals surface area contributed by atoms with Crippen LogP contribution < -0.4 is 4.90 Å². The monoisotopic (exact) mass is 355 g/mol. The second-order valence-electron chi connectivity index (χ2n) is 5.59. The molecule has 25 heavy (non-hydrogen) atoms. The molecule has 0 amide bonds. The van der Waals surface area contributed by atoms with Crippen LogP contribution >= 0.6 is 0 Å². The summed E-state index contributed by atoms with van der Waals surface area (Å²) in [6.45, 7) is 10.4. The van der Waals surface area contributed by atoms with Crippen LogP contribution in [-0.4, -0.2) is 77.7 Å². The number of likely N-dealkylation sites (N-methyl/N-ethyl adjacent to an activating group) is 1. The van der Waals surface area contributed by atoms with Gasteiger partial charge in [-0.15, -0.1) is 0 Å². The number of aryl methyl sites for hydroxylation is 1.